The molecule has 1 aliphatic rings. The van der Waals surface area contributed by atoms with Crippen molar-refractivity contribution >= 4 is 56.7 Å². The van der Waals surface area contributed by atoms with Gasteiger partial charge < -0.3 is 15.2 Å². The van der Waals surface area contributed by atoms with E-state index < -0.39 is 0 Å². The maximum absolute atomic E-state index is 10.1. The number of rotatable bonds is 5. The van der Waals surface area contributed by atoms with Crippen LogP contribution >= 0.6 is 56.7 Å². The van der Waals surface area contributed by atoms with Crippen LogP contribution in [0.15, 0.2) is 27.2 Å². The van der Waals surface area contributed by atoms with Crippen molar-refractivity contribution in [2.24, 2.45) is 0 Å². The fraction of sp³-hybridized carbons (Fsp3) is 0.500. The predicted octanol–water partition coefficient (Wildman–Crippen LogP) is 4.68. The van der Waals surface area contributed by atoms with E-state index in [-0.39, 0.29) is 36.6 Å². The Hall–Kier alpha value is 0.0200. The number of ether oxygens (including phenoxy) is 1. The number of hydrogen-bond acceptors (Lipinski definition) is 4. The molecule has 2 N–H and O–H groups in total. The van der Waals surface area contributed by atoms with Crippen LogP contribution in [0.3, 0.4) is 0 Å². The van der Waals surface area contributed by atoms with E-state index in [4.69, 9.17) is 4.74 Å². The zero-order valence-electron chi connectivity index (χ0n) is 13.8. The van der Waals surface area contributed by atoms with Gasteiger partial charge in [-0.25, -0.2) is 0 Å². The van der Waals surface area contributed by atoms with Gasteiger partial charge in [-0.05, 0) is 56.8 Å². The lowest BCUT2D eigenvalue weighted by molar-refractivity contribution is 0.171. The standard InChI is InChI=1S/C16H22Br2N2O2.2ClH/c1-10(2)8-12(20-6-4-19-5-7-20)11-9-13(22-3)16(21)15(18)14(11)17;;/h9,12,19,21H,1,4-8H2,2-3H3;2*1H/t12-;;/m0../s1. The van der Waals surface area contributed by atoms with Gasteiger partial charge in [0.1, 0.15) is 0 Å². The Morgan fingerprint density at radius 2 is 1.92 bits per heavy atom. The molecule has 1 aromatic carbocycles. The number of nitrogens with one attached hydrogen (secondary N) is 1. The molecule has 0 aliphatic carbocycles. The molecule has 1 heterocycles. The summed E-state index contributed by atoms with van der Waals surface area (Å²) in [4.78, 5) is 2.45. The molecule has 24 heavy (non-hydrogen) atoms. The molecular formula is C16H24Br2Cl2N2O2. The minimum Gasteiger partial charge on any atom is -0.503 e. The minimum absolute atomic E-state index is 0. The Morgan fingerprint density at radius 3 is 2.42 bits per heavy atom. The molecule has 138 valence electrons. The number of benzene rings is 1. The summed E-state index contributed by atoms with van der Waals surface area (Å²) in [6.45, 7) is 10.1. The third kappa shape index (κ3) is 5.51. The highest BCUT2D eigenvalue weighted by Crippen LogP contribution is 2.45. The molecule has 2 rings (SSSR count). The smallest absolute Gasteiger partial charge is 0.173 e. The average molecular weight is 507 g/mol. The van der Waals surface area contributed by atoms with Gasteiger partial charge in [0.15, 0.2) is 11.5 Å². The van der Waals surface area contributed by atoms with E-state index in [0.29, 0.717) is 10.2 Å². The summed E-state index contributed by atoms with van der Waals surface area (Å²) in [5.41, 5.74) is 2.24. The van der Waals surface area contributed by atoms with Crippen molar-refractivity contribution in [2.75, 3.05) is 33.3 Å². The van der Waals surface area contributed by atoms with E-state index in [9.17, 15) is 5.11 Å². The molecule has 1 aromatic rings. The summed E-state index contributed by atoms with van der Waals surface area (Å²) in [6.07, 6.45) is 0.874. The number of piperazine rings is 1. The van der Waals surface area contributed by atoms with E-state index >= 15 is 0 Å². The molecule has 0 amide bonds. The lowest BCUT2D eigenvalue weighted by Crippen LogP contribution is -2.45. The summed E-state index contributed by atoms with van der Waals surface area (Å²) < 4.78 is 6.81. The summed E-state index contributed by atoms with van der Waals surface area (Å²) in [5, 5.41) is 13.5. The zero-order chi connectivity index (χ0) is 16.3. The molecule has 1 aliphatic heterocycles. The van der Waals surface area contributed by atoms with Gasteiger partial charge in [0.2, 0.25) is 0 Å². The summed E-state index contributed by atoms with van der Waals surface area (Å²) in [6, 6.07) is 2.12. The minimum atomic E-state index is 0. The normalized spacial score (nSPS) is 15.8. The van der Waals surface area contributed by atoms with Crippen molar-refractivity contribution < 1.29 is 9.84 Å². The van der Waals surface area contributed by atoms with Crippen LogP contribution in [0.5, 0.6) is 11.5 Å². The van der Waals surface area contributed by atoms with Crippen LogP contribution in [-0.2, 0) is 0 Å². The second-order valence-corrected chi connectivity index (χ2v) is 7.19. The first-order valence-electron chi connectivity index (χ1n) is 7.29. The van der Waals surface area contributed by atoms with Gasteiger partial charge in [0.25, 0.3) is 0 Å². The monoisotopic (exact) mass is 504 g/mol. The van der Waals surface area contributed by atoms with Crippen LogP contribution < -0.4 is 10.1 Å². The maximum Gasteiger partial charge on any atom is 0.173 e. The van der Waals surface area contributed by atoms with Crippen molar-refractivity contribution in [3.63, 3.8) is 0 Å². The largest absolute Gasteiger partial charge is 0.503 e. The fourth-order valence-corrected chi connectivity index (χ4v) is 3.76. The molecule has 0 saturated carbocycles. The number of halogens is 4. The van der Waals surface area contributed by atoms with E-state index in [2.05, 4.69) is 55.6 Å². The van der Waals surface area contributed by atoms with E-state index in [0.717, 1.165) is 48.2 Å². The van der Waals surface area contributed by atoms with Crippen LogP contribution in [0.4, 0.5) is 0 Å². The Bertz CT molecular complexity index is 567. The molecule has 0 unspecified atom stereocenters. The summed E-state index contributed by atoms with van der Waals surface area (Å²) >= 11 is 7.07. The fourth-order valence-electron chi connectivity index (χ4n) is 2.77. The van der Waals surface area contributed by atoms with E-state index in [1.807, 2.05) is 6.07 Å². The third-order valence-electron chi connectivity index (χ3n) is 3.89. The van der Waals surface area contributed by atoms with Gasteiger partial charge in [-0.3, -0.25) is 4.90 Å². The average Bonchev–Trinajstić information content (AvgIpc) is 2.52. The number of methoxy groups -OCH3 is 1. The second kappa shape index (κ2) is 10.9. The van der Waals surface area contributed by atoms with Crippen LogP contribution in [0, 0.1) is 0 Å². The number of hydrogen-bond donors (Lipinski definition) is 2. The lowest BCUT2D eigenvalue weighted by Gasteiger charge is -2.36. The van der Waals surface area contributed by atoms with Gasteiger partial charge in [-0.2, -0.15) is 0 Å². The highest BCUT2D eigenvalue weighted by molar-refractivity contribution is 9.13. The SMILES string of the molecule is C=C(C)C[C@@H](c1cc(OC)c(O)c(Br)c1Br)N1CCNCC1.Cl.Cl. The first-order chi connectivity index (χ1) is 10.5. The number of aromatic hydroxyl groups is 1. The van der Waals surface area contributed by atoms with E-state index in [1.54, 1.807) is 7.11 Å². The van der Waals surface area contributed by atoms with Crippen LogP contribution in [0.2, 0.25) is 0 Å². The maximum atomic E-state index is 10.1. The zero-order valence-corrected chi connectivity index (χ0v) is 18.6. The lowest BCUT2D eigenvalue weighted by atomic mass is 9.97. The molecule has 1 atom stereocenters. The molecule has 0 spiro atoms. The Kier molecular flexibility index (Phi) is 10.9. The molecule has 1 fully saturated rings. The number of nitrogens with zero attached hydrogens (tertiary/aromatic N) is 1. The summed E-state index contributed by atoms with van der Waals surface area (Å²) in [5.74, 6) is 0.597. The first-order valence-corrected chi connectivity index (χ1v) is 8.88. The van der Waals surface area contributed by atoms with Crippen LogP contribution in [-0.4, -0.2) is 43.3 Å². The highest BCUT2D eigenvalue weighted by atomic mass is 79.9. The first kappa shape index (κ1) is 24.0. The van der Waals surface area contributed by atoms with Crippen LogP contribution in [0.1, 0.15) is 24.9 Å². The van der Waals surface area contributed by atoms with Gasteiger partial charge in [0.05, 0.1) is 11.6 Å². The van der Waals surface area contributed by atoms with Crippen molar-refractivity contribution in [2.45, 2.75) is 19.4 Å². The molecule has 0 aromatic heterocycles. The van der Waals surface area contributed by atoms with Gasteiger partial charge in [-0.15, -0.1) is 31.4 Å². The van der Waals surface area contributed by atoms with Crippen LogP contribution in [0.25, 0.3) is 0 Å². The molecule has 8 heteroatoms. The highest BCUT2D eigenvalue weighted by Gasteiger charge is 2.27. The number of phenolic OH excluding ortho intramolecular Hbond substituents is 1. The molecule has 1 saturated heterocycles. The van der Waals surface area contributed by atoms with E-state index in [1.165, 1.54) is 0 Å². The van der Waals surface area contributed by atoms with Crippen molar-refractivity contribution in [1.29, 1.82) is 0 Å². The third-order valence-corrected chi connectivity index (χ3v) is 6.05. The van der Waals surface area contributed by atoms with Crippen molar-refractivity contribution in [3.05, 3.63) is 32.7 Å². The quantitative estimate of drug-likeness (QED) is 0.569. The van der Waals surface area contributed by atoms with Gasteiger partial charge >= 0.3 is 0 Å². The van der Waals surface area contributed by atoms with Gasteiger partial charge in [-0.1, -0.05) is 5.57 Å². The van der Waals surface area contributed by atoms with Crippen molar-refractivity contribution in [1.82, 2.24) is 10.2 Å². The predicted molar refractivity (Wildman–Crippen MR) is 111 cm³/mol. The molecular weight excluding hydrogens is 483 g/mol. The van der Waals surface area contributed by atoms with Gasteiger partial charge in [0, 0.05) is 36.7 Å². The summed E-state index contributed by atoms with van der Waals surface area (Å²) in [7, 11) is 1.57. The molecule has 4 nitrogen and oxygen atoms in total. The Balaban J connectivity index is 0.00000264. The Morgan fingerprint density at radius 1 is 1.33 bits per heavy atom. The molecule has 0 radical (unpaired) electrons. The number of phenols is 1. The Labute approximate surface area is 173 Å². The topological polar surface area (TPSA) is 44.7 Å². The molecule has 0 bridgehead atoms. The second-order valence-electron chi connectivity index (χ2n) is 5.61. The van der Waals surface area contributed by atoms with Crippen molar-refractivity contribution in [3.8, 4) is 11.5 Å².